The number of nitrogens with zero attached hydrogens (tertiary/aromatic N) is 4. The molecule has 1 aliphatic heterocycles. The first kappa shape index (κ1) is 11.5. The Morgan fingerprint density at radius 1 is 1.50 bits per heavy atom. The van der Waals surface area contributed by atoms with Crippen molar-refractivity contribution < 1.29 is 0 Å². The predicted octanol–water partition coefficient (Wildman–Crippen LogP) is 0.389. The first-order chi connectivity index (χ1) is 7.81. The van der Waals surface area contributed by atoms with Gasteiger partial charge in [0.1, 0.15) is 12.2 Å². The molecule has 5 heteroatoms. The summed E-state index contributed by atoms with van der Waals surface area (Å²) in [7, 11) is 1.96. The minimum atomic E-state index is 0.697. The minimum Gasteiger partial charge on any atom is -0.317 e. The van der Waals surface area contributed by atoms with Crippen molar-refractivity contribution >= 4 is 0 Å². The molecule has 0 aliphatic carbocycles. The van der Waals surface area contributed by atoms with E-state index >= 15 is 0 Å². The monoisotopic (exact) mass is 223 g/mol. The Hall–Kier alpha value is -0.940. The van der Waals surface area contributed by atoms with Gasteiger partial charge in [-0.15, -0.1) is 0 Å². The number of aryl methyl sites for hydroxylation is 1. The second-order valence-corrected chi connectivity index (χ2v) is 4.34. The van der Waals surface area contributed by atoms with Crippen LogP contribution in [0.25, 0.3) is 0 Å². The molecule has 0 saturated carbocycles. The zero-order chi connectivity index (χ0) is 11.4. The molecule has 16 heavy (non-hydrogen) atoms. The van der Waals surface area contributed by atoms with Crippen LogP contribution in [0, 0.1) is 0 Å². The number of nitrogens with one attached hydrogen (secondary N) is 1. The van der Waals surface area contributed by atoms with Crippen LogP contribution in [-0.4, -0.2) is 45.3 Å². The highest BCUT2D eigenvalue weighted by Gasteiger charge is 2.20. The van der Waals surface area contributed by atoms with Crippen LogP contribution in [0.3, 0.4) is 0 Å². The van der Waals surface area contributed by atoms with Crippen molar-refractivity contribution in [2.45, 2.75) is 32.4 Å². The maximum atomic E-state index is 4.29. The summed E-state index contributed by atoms with van der Waals surface area (Å²) in [6, 6.07) is 0.697. The lowest BCUT2D eigenvalue weighted by Gasteiger charge is -2.33. The van der Waals surface area contributed by atoms with E-state index in [1.54, 1.807) is 6.33 Å². The van der Waals surface area contributed by atoms with Crippen molar-refractivity contribution in [3.8, 4) is 0 Å². The number of piperidine rings is 1. The summed E-state index contributed by atoms with van der Waals surface area (Å²) in [5, 5.41) is 7.52. The number of hydrogen-bond donors (Lipinski definition) is 1. The summed E-state index contributed by atoms with van der Waals surface area (Å²) in [5.41, 5.74) is 0. The van der Waals surface area contributed by atoms with Crippen molar-refractivity contribution in [1.82, 2.24) is 25.0 Å². The molecule has 1 aromatic heterocycles. The zero-order valence-electron chi connectivity index (χ0n) is 10.2. The summed E-state index contributed by atoms with van der Waals surface area (Å²) in [6.07, 6.45) is 4.11. The maximum Gasteiger partial charge on any atom is 0.140 e. The van der Waals surface area contributed by atoms with Gasteiger partial charge in [-0.25, -0.2) is 4.98 Å². The maximum absolute atomic E-state index is 4.29. The fourth-order valence-electron chi connectivity index (χ4n) is 2.32. The van der Waals surface area contributed by atoms with E-state index in [-0.39, 0.29) is 0 Å². The molecule has 5 nitrogen and oxygen atoms in total. The van der Waals surface area contributed by atoms with E-state index in [0.717, 1.165) is 32.0 Å². The van der Waals surface area contributed by atoms with Crippen LogP contribution in [0.5, 0.6) is 0 Å². The predicted molar refractivity (Wildman–Crippen MR) is 63.0 cm³/mol. The van der Waals surface area contributed by atoms with Gasteiger partial charge in [-0.3, -0.25) is 9.58 Å². The van der Waals surface area contributed by atoms with Gasteiger partial charge in [0, 0.05) is 13.1 Å². The van der Waals surface area contributed by atoms with E-state index in [9.17, 15) is 0 Å². The third kappa shape index (κ3) is 2.59. The van der Waals surface area contributed by atoms with Crippen LogP contribution >= 0.6 is 0 Å². The Morgan fingerprint density at radius 2 is 2.25 bits per heavy atom. The van der Waals surface area contributed by atoms with Crippen molar-refractivity contribution in [2.75, 3.05) is 19.6 Å². The second-order valence-electron chi connectivity index (χ2n) is 4.34. The van der Waals surface area contributed by atoms with Crippen LogP contribution in [0.1, 0.15) is 25.6 Å². The first-order valence-electron chi connectivity index (χ1n) is 6.09. The molecule has 1 N–H and O–H groups in total. The molecule has 0 radical (unpaired) electrons. The van der Waals surface area contributed by atoms with Gasteiger partial charge >= 0.3 is 0 Å². The summed E-state index contributed by atoms with van der Waals surface area (Å²) < 4.78 is 1.86. The zero-order valence-corrected chi connectivity index (χ0v) is 10.2. The lowest BCUT2D eigenvalue weighted by atomic mass is 10.0. The standard InChI is InChI=1S/C11H21N5/c1-3-16(10-4-6-12-7-5-10)8-11-13-9-14-15(11)2/h9-10,12H,3-8H2,1-2H3. The molecule has 0 aromatic carbocycles. The fraction of sp³-hybridized carbons (Fsp3) is 0.818. The Kier molecular flexibility index (Phi) is 3.90. The van der Waals surface area contributed by atoms with Crippen LogP contribution in [0.4, 0.5) is 0 Å². The quantitative estimate of drug-likeness (QED) is 0.802. The van der Waals surface area contributed by atoms with Crippen LogP contribution in [0.15, 0.2) is 6.33 Å². The Labute approximate surface area is 96.8 Å². The van der Waals surface area contributed by atoms with Crippen molar-refractivity contribution in [2.24, 2.45) is 7.05 Å². The minimum absolute atomic E-state index is 0.697. The Morgan fingerprint density at radius 3 is 2.81 bits per heavy atom. The van der Waals surface area contributed by atoms with Gasteiger partial charge in [0.2, 0.25) is 0 Å². The number of aromatic nitrogens is 3. The Balaban J connectivity index is 1.97. The highest BCUT2D eigenvalue weighted by Crippen LogP contribution is 2.13. The van der Waals surface area contributed by atoms with E-state index in [1.807, 2.05) is 11.7 Å². The first-order valence-corrected chi connectivity index (χ1v) is 6.09. The van der Waals surface area contributed by atoms with Gasteiger partial charge in [-0.05, 0) is 32.5 Å². The summed E-state index contributed by atoms with van der Waals surface area (Å²) in [5.74, 6) is 1.06. The molecule has 90 valence electrons. The molecule has 2 heterocycles. The smallest absolute Gasteiger partial charge is 0.140 e. The van der Waals surface area contributed by atoms with Gasteiger partial charge in [0.05, 0.1) is 6.54 Å². The lowest BCUT2D eigenvalue weighted by molar-refractivity contribution is 0.156. The molecule has 2 rings (SSSR count). The van der Waals surface area contributed by atoms with E-state index < -0.39 is 0 Å². The van der Waals surface area contributed by atoms with Gasteiger partial charge in [-0.1, -0.05) is 6.92 Å². The normalized spacial score (nSPS) is 18.2. The van der Waals surface area contributed by atoms with Crippen molar-refractivity contribution in [3.63, 3.8) is 0 Å². The fourth-order valence-corrected chi connectivity index (χ4v) is 2.32. The second kappa shape index (κ2) is 5.41. The van der Waals surface area contributed by atoms with Gasteiger partial charge in [-0.2, -0.15) is 5.10 Å². The molecule has 0 bridgehead atoms. The lowest BCUT2D eigenvalue weighted by Crippen LogP contribution is -2.43. The molecule has 0 unspecified atom stereocenters. The van der Waals surface area contributed by atoms with E-state index in [1.165, 1.54) is 12.8 Å². The highest BCUT2D eigenvalue weighted by atomic mass is 15.3. The molecular formula is C11H21N5. The average Bonchev–Trinajstić information content (AvgIpc) is 2.73. The van der Waals surface area contributed by atoms with Crippen molar-refractivity contribution in [3.05, 3.63) is 12.2 Å². The van der Waals surface area contributed by atoms with Gasteiger partial charge < -0.3 is 5.32 Å². The van der Waals surface area contributed by atoms with E-state index in [4.69, 9.17) is 0 Å². The number of rotatable bonds is 4. The third-order valence-electron chi connectivity index (χ3n) is 3.38. The molecule has 0 atom stereocenters. The number of hydrogen-bond acceptors (Lipinski definition) is 4. The molecule has 1 saturated heterocycles. The largest absolute Gasteiger partial charge is 0.317 e. The van der Waals surface area contributed by atoms with Gasteiger partial charge in [0.15, 0.2) is 0 Å². The molecule has 1 aromatic rings. The topological polar surface area (TPSA) is 46.0 Å². The van der Waals surface area contributed by atoms with Crippen LogP contribution in [0.2, 0.25) is 0 Å². The average molecular weight is 223 g/mol. The van der Waals surface area contributed by atoms with Crippen molar-refractivity contribution in [1.29, 1.82) is 0 Å². The van der Waals surface area contributed by atoms with Crippen LogP contribution < -0.4 is 5.32 Å². The molecule has 1 fully saturated rings. The molecular weight excluding hydrogens is 202 g/mol. The Bertz CT molecular complexity index is 316. The van der Waals surface area contributed by atoms with Gasteiger partial charge in [0.25, 0.3) is 0 Å². The molecule has 0 amide bonds. The summed E-state index contributed by atoms with van der Waals surface area (Å²) in [6.45, 7) is 6.49. The summed E-state index contributed by atoms with van der Waals surface area (Å²) >= 11 is 0. The van der Waals surface area contributed by atoms with Crippen LogP contribution in [-0.2, 0) is 13.6 Å². The summed E-state index contributed by atoms with van der Waals surface area (Å²) in [4.78, 5) is 6.80. The SMILES string of the molecule is CCN(Cc1ncnn1C)C1CCNCC1. The molecule has 1 aliphatic rings. The third-order valence-corrected chi connectivity index (χ3v) is 3.38. The molecule has 0 spiro atoms. The van der Waals surface area contributed by atoms with E-state index in [2.05, 4.69) is 27.2 Å². The van der Waals surface area contributed by atoms with E-state index in [0.29, 0.717) is 6.04 Å². The highest BCUT2D eigenvalue weighted by molar-refractivity contribution is 4.86.